The molecule has 1 aliphatic carbocycles. The Balaban J connectivity index is 1.51. The van der Waals surface area contributed by atoms with E-state index in [0.29, 0.717) is 31.0 Å². The number of fused-ring (bicyclic) bond motifs is 2. The third-order valence-electron chi connectivity index (χ3n) is 10.4. The van der Waals surface area contributed by atoms with Gasteiger partial charge < -0.3 is 10.0 Å². The molecule has 2 aromatic rings. The number of para-hydroxylation sites is 2. The molecule has 2 heterocycles. The zero-order valence-corrected chi connectivity index (χ0v) is 32.3. The number of aliphatic carboxylic acids is 1. The Morgan fingerprint density at radius 2 is 1.54 bits per heavy atom. The summed E-state index contributed by atoms with van der Waals surface area (Å²) < 4.78 is 67.1. The average Bonchev–Trinajstić information content (AvgIpc) is 3.42. The lowest BCUT2D eigenvalue weighted by Gasteiger charge is -2.30. The minimum absolute atomic E-state index is 0.0258. The number of halogens is 1. The lowest BCUT2D eigenvalue weighted by molar-refractivity contribution is -0.437. The molecule has 2 aromatic carbocycles. The van der Waals surface area contributed by atoms with Gasteiger partial charge in [-0.2, -0.15) is 21.4 Å². The van der Waals surface area contributed by atoms with Gasteiger partial charge in [-0.15, -0.1) is 0 Å². The largest absolute Gasteiger partial charge is 0.481 e. The maximum Gasteiger partial charge on any atom is 0.303 e. The van der Waals surface area contributed by atoms with Crippen LogP contribution in [-0.4, -0.2) is 71.9 Å². The number of rotatable bonds is 15. The van der Waals surface area contributed by atoms with E-state index in [9.17, 15) is 35.8 Å². The van der Waals surface area contributed by atoms with Crippen LogP contribution in [0.15, 0.2) is 94.7 Å². The van der Waals surface area contributed by atoms with Gasteiger partial charge in [0.25, 0.3) is 20.2 Å². The zero-order chi connectivity index (χ0) is 37.9. The van der Waals surface area contributed by atoms with Crippen molar-refractivity contribution in [2.45, 2.75) is 83.0 Å². The number of carbonyl (C=O) groups is 1. The molecule has 5 rings (SSSR count). The highest BCUT2D eigenvalue weighted by Gasteiger charge is 2.45. The maximum atomic E-state index is 11.6. The first-order valence-electron chi connectivity index (χ1n) is 17.6. The maximum absolute atomic E-state index is 11.6. The summed E-state index contributed by atoms with van der Waals surface area (Å²) in [7, 11) is -8.24. The van der Waals surface area contributed by atoms with Crippen LogP contribution in [0.5, 0.6) is 0 Å². The monoisotopic (exact) mass is 771 g/mol. The average molecular weight is 772 g/mol. The second kappa shape index (κ2) is 15.8. The van der Waals surface area contributed by atoms with Crippen LogP contribution in [0.25, 0.3) is 0 Å². The predicted molar refractivity (Wildman–Crippen MR) is 206 cm³/mol. The van der Waals surface area contributed by atoms with Gasteiger partial charge in [0, 0.05) is 58.9 Å². The molecule has 0 saturated carbocycles. The normalized spacial score (nSPS) is 21.8. The van der Waals surface area contributed by atoms with Gasteiger partial charge in [0.1, 0.15) is 6.54 Å². The van der Waals surface area contributed by atoms with E-state index in [1.165, 1.54) is 0 Å². The Morgan fingerprint density at radius 1 is 0.885 bits per heavy atom. The molecule has 52 heavy (non-hydrogen) atoms. The van der Waals surface area contributed by atoms with Crippen molar-refractivity contribution in [3.63, 3.8) is 0 Å². The van der Waals surface area contributed by atoms with Gasteiger partial charge in [-0.1, -0.05) is 60.2 Å². The summed E-state index contributed by atoms with van der Waals surface area (Å²) in [5.41, 5.74) is 7.01. The minimum atomic E-state index is -4.15. The Kier molecular flexibility index (Phi) is 12.1. The van der Waals surface area contributed by atoms with E-state index in [1.54, 1.807) is 0 Å². The van der Waals surface area contributed by atoms with Crippen LogP contribution in [0.3, 0.4) is 0 Å². The van der Waals surface area contributed by atoms with Crippen LogP contribution in [0.1, 0.15) is 83.3 Å². The summed E-state index contributed by atoms with van der Waals surface area (Å²) in [6, 6.07) is 15.9. The topological polar surface area (TPSA) is 152 Å². The number of carboxylic acids is 1. The second-order valence-electron chi connectivity index (χ2n) is 14.5. The van der Waals surface area contributed by atoms with Crippen molar-refractivity contribution in [1.82, 2.24) is 0 Å². The first-order chi connectivity index (χ1) is 24.4. The Bertz CT molecular complexity index is 2100. The Hall–Kier alpha value is -3.55. The molecule has 1 atom stereocenters. The molecule has 0 radical (unpaired) electrons. The van der Waals surface area contributed by atoms with Crippen LogP contribution in [0.2, 0.25) is 0 Å². The zero-order valence-electron chi connectivity index (χ0n) is 29.9. The van der Waals surface area contributed by atoms with E-state index in [2.05, 4.69) is 42.4 Å². The number of benzene rings is 2. The van der Waals surface area contributed by atoms with E-state index in [4.69, 9.17) is 11.6 Å². The summed E-state index contributed by atoms with van der Waals surface area (Å²) in [6.45, 7) is 7.12. The smallest absolute Gasteiger partial charge is 0.303 e. The molecule has 0 aromatic heterocycles. The summed E-state index contributed by atoms with van der Waals surface area (Å²) in [4.78, 5) is 13.5. The van der Waals surface area contributed by atoms with Crippen LogP contribution < -0.4 is 4.90 Å². The van der Waals surface area contributed by atoms with Crippen LogP contribution in [0.4, 0.5) is 11.4 Å². The third kappa shape index (κ3) is 8.97. The van der Waals surface area contributed by atoms with Crippen LogP contribution in [0, 0.1) is 0 Å². The van der Waals surface area contributed by atoms with E-state index < -0.39 is 31.6 Å². The first kappa shape index (κ1) is 39.7. The van der Waals surface area contributed by atoms with E-state index in [-0.39, 0.29) is 36.2 Å². The molecule has 0 fully saturated rings. The standard InChI is InChI=1S/C39H47ClN2O8S2/c1-38(2)30-14-4-6-16-32(30)41(24-10-26-51(45,46)47)34(38)21-19-28-12-8-13-29(37(28)40)20-22-35-39(3,23-9-18-36(43)44)31-15-5-7-17-33(31)42(35)25-11-27-52(48,49)50/h4-7,14-17,19-22H,8-13,18,23-27H2,1-3H3,(H2-,43,44,45,46,47,48,49,50)/p+1. The van der Waals surface area contributed by atoms with E-state index >= 15 is 0 Å². The number of allylic oxidation sites excluding steroid dienone is 8. The molecule has 0 bridgehead atoms. The quantitative estimate of drug-likeness (QED) is 0.122. The molecular formula is C39H48ClN2O8S2+. The van der Waals surface area contributed by atoms with Crippen molar-refractivity contribution in [1.29, 1.82) is 0 Å². The van der Waals surface area contributed by atoms with Gasteiger partial charge in [-0.25, -0.2) is 0 Å². The molecule has 13 heteroatoms. The fourth-order valence-corrected chi connectivity index (χ4v) is 9.17. The summed E-state index contributed by atoms with van der Waals surface area (Å²) >= 11 is 7.14. The van der Waals surface area contributed by atoms with Crippen molar-refractivity contribution in [3.8, 4) is 0 Å². The van der Waals surface area contributed by atoms with Gasteiger partial charge in [-0.05, 0) is 88.1 Å². The number of anilines is 1. The van der Waals surface area contributed by atoms with Gasteiger partial charge >= 0.3 is 5.97 Å². The molecule has 0 saturated heterocycles. The van der Waals surface area contributed by atoms with Crippen LogP contribution in [-0.2, 0) is 35.9 Å². The molecule has 0 spiro atoms. The molecule has 2 aliphatic heterocycles. The summed E-state index contributed by atoms with van der Waals surface area (Å²) in [6.07, 6.45) is 12.1. The fourth-order valence-electron chi connectivity index (χ4n) is 7.87. The summed E-state index contributed by atoms with van der Waals surface area (Å²) in [5, 5.41) is 10.0. The highest BCUT2D eigenvalue weighted by Crippen LogP contribution is 2.51. The van der Waals surface area contributed by atoms with Crippen molar-refractivity contribution in [3.05, 3.63) is 106 Å². The van der Waals surface area contributed by atoms with Crippen molar-refractivity contribution in [2.75, 3.05) is 29.5 Å². The number of hydrogen-bond acceptors (Lipinski definition) is 6. The Morgan fingerprint density at radius 3 is 2.23 bits per heavy atom. The predicted octanol–water partition coefficient (Wildman–Crippen LogP) is 7.69. The van der Waals surface area contributed by atoms with Gasteiger partial charge in [0.2, 0.25) is 5.69 Å². The van der Waals surface area contributed by atoms with Gasteiger partial charge in [0.05, 0.1) is 16.9 Å². The molecule has 10 nitrogen and oxygen atoms in total. The first-order valence-corrected chi connectivity index (χ1v) is 21.2. The highest BCUT2D eigenvalue weighted by molar-refractivity contribution is 7.86. The third-order valence-corrected chi connectivity index (χ3v) is 12.5. The lowest BCUT2D eigenvalue weighted by atomic mass is 9.77. The fraction of sp³-hybridized carbons (Fsp3) is 0.436. The number of hydrogen-bond donors (Lipinski definition) is 3. The molecule has 1 unspecified atom stereocenters. The molecular weight excluding hydrogens is 724 g/mol. The molecule has 3 N–H and O–H groups in total. The molecule has 280 valence electrons. The van der Waals surface area contributed by atoms with Crippen LogP contribution >= 0.6 is 11.6 Å². The second-order valence-corrected chi connectivity index (χ2v) is 18.0. The SMILES string of the molecule is CC1(C)C(/C=C/C2=C(Cl)C(=C/C=C3/N(CCCS(=O)(=O)O)c4ccccc4C3(C)CCCC(=O)O)/CCC2)=[N+](CCCS(=O)(=O)O)c2ccccc21. The minimum Gasteiger partial charge on any atom is -0.481 e. The summed E-state index contributed by atoms with van der Waals surface area (Å²) in [5.74, 6) is -1.57. The van der Waals surface area contributed by atoms with E-state index in [0.717, 1.165) is 64.3 Å². The molecule has 3 aliphatic rings. The Labute approximate surface area is 312 Å². The highest BCUT2D eigenvalue weighted by atomic mass is 35.5. The van der Waals surface area contributed by atoms with Gasteiger partial charge in [0.15, 0.2) is 5.71 Å². The lowest BCUT2D eigenvalue weighted by Crippen LogP contribution is -2.30. The van der Waals surface area contributed by atoms with Gasteiger partial charge in [-0.3, -0.25) is 13.9 Å². The van der Waals surface area contributed by atoms with E-state index in [1.807, 2.05) is 60.7 Å². The van der Waals surface area contributed by atoms with Crippen molar-refractivity contribution >= 4 is 54.9 Å². The molecule has 0 amide bonds. The number of nitrogens with zero attached hydrogens (tertiary/aromatic N) is 2. The van der Waals surface area contributed by atoms with Crippen molar-refractivity contribution < 1.29 is 40.4 Å². The number of carboxylic acid groups (broad SMARTS) is 1. The van der Waals surface area contributed by atoms with Crippen molar-refractivity contribution in [2.24, 2.45) is 0 Å².